The third kappa shape index (κ3) is 3.16. The number of fused-ring (bicyclic) bond motifs is 4. The minimum Gasteiger partial charge on any atom is -0.508 e. The molecule has 2 aromatic heterocycles. The highest BCUT2D eigenvalue weighted by Gasteiger charge is 2.42. The molecular formula is C25H24FN5O2. The van der Waals surface area contributed by atoms with E-state index in [4.69, 9.17) is 0 Å². The first-order chi connectivity index (χ1) is 16.0. The summed E-state index contributed by atoms with van der Waals surface area (Å²) in [5, 5.41) is 15.7. The largest absolute Gasteiger partial charge is 0.508 e. The van der Waals surface area contributed by atoms with E-state index < -0.39 is 11.5 Å². The van der Waals surface area contributed by atoms with E-state index in [-0.39, 0.29) is 17.0 Å². The number of phenols is 1. The third-order valence-corrected chi connectivity index (χ3v) is 7.27. The second kappa shape index (κ2) is 7.52. The molecule has 8 heteroatoms. The summed E-state index contributed by atoms with van der Waals surface area (Å²) in [6.07, 6.45) is 3.85. The van der Waals surface area contributed by atoms with Crippen LogP contribution in [0, 0.1) is 17.7 Å². The molecule has 3 atom stereocenters. The maximum atomic E-state index is 15.9. The van der Waals surface area contributed by atoms with Gasteiger partial charge in [0.05, 0.1) is 10.9 Å². The number of H-pyrrole nitrogens is 1. The molecule has 2 aliphatic rings. The fourth-order valence-corrected chi connectivity index (χ4v) is 5.86. The van der Waals surface area contributed by atoms with Crippen LogP contribution in [0.4, 0.5) is 10.2 Å². The zero-order valence-corrected chi connectivity index (χ0v) is 18.2. The van der Waals surface area contributed by atoms with Crippen LogP contribution in [0.25, 0.3) is 32.9 Å². The molecule has 7 nitrogen and oxygen atoms in total. The van der Waals surface area contributed by atoms with E-state index in [0.717, 1.165) is 36.7 Å². The molecule has 2 aromatic carbocycles. The highest BCUT2D eigenvalue weighted by atomic mass is 19.1. The normalized spacial score (nSPS) is 22.4. The summed E-state index contributed by atoms with van der Waals surface area (Å²) in [7, 11) is 2.00. The van der Waals surface area contributed by atoms with Gasteiger partial charge in [0.25, 0.3) is 0 Å². The van der Waals surface area contributed by atoms with Crippen LogP contribution in [0.3, 0.4) is 0 Å². The van der Waals surface area contributed by atoms with E-state index in [1.807, 2.05) is 31.3 Å². The molecule has 1 saturated heterocycles. The number of rotatable bonds is 3. The van der Waals surface area contributed by atoms with Gasteiger partial charge in [0.1, 0.15) is 17.3 Å². The second-order valence-electron chi connectivity index (χ2n) is 9.11. The van der Waals surface area contributed by atoms with Gasteiger partial charge in [-0.3, -0.25) is 4.98 Å². The highest BCUT2D eigenvalue weighted by molar-refractivity contribution is 5.99. The van der Waals surface area contributed by atoms with E-state index in [1.54, 1.807) is 12.3 Å². The third-order valence-electron chi connectivity index (χ3n) is 7.27. The van der Waals surface area contributed by atoms with Crippen LogP contribution >= 0.6 is 0 Å². The number of hydrogen-bond acceptors (Lipinski definition) is 6. The van der Waals surface area contributed by atoms with Gasteiger partial charge in [-0.25, -0.2) is 9.18 Å². The van der Waals surface area contributed by atoms with Crippen molar-refractivity contribution in [2.75, 3.05) is 25.0 Å². The van der Waals surface area contributed by atoms with Gasteiger partial charge in [-0.2, -0.15) is 4.98 Å². The van der Waals surface area contributed by atoms with Gasteiger partial charge >= 0.3 is 5.69 Å². The van der Waals surface area contributed by atoms with E-state index in [1.165, 1.54) is 6.07 Å². The summed E-state index contributed by atoms with van der Waals surface area (Å²) in [6, 6.07) is 11.0. The van der Waals surface area contributed by atoms with Crippen LogP contribution in [-0.4, -0.2) is 46.2 Å². The number of aromatic amines is 1. The Morgan fingerprint density at radius 1 is 1.15 bits per heavy atom. The summed E-state index contributed by atoms with van der Waals surface area (Å²) in [4.78, 5) is 25.9. The lowest BCUT2D eigenvalue weighted by molar-refractivity contribution is 0.312. The number of halogens is 1. The van der Waals surface area contributed by atoms with Gasteiger partial charge in [0.2, 0.25) is 0 Å². The fraction of sp³-hybridized carbons (Fsp3) is 0.320. The van der Waals surface area contributed by atoms with Crippen molar-refractivity contribution in [2.45, 2.75) is 18.9 Å². The van der Waals surface area contributed by atoms with Gasteiger partial charge in [-0.05, 0) is 54.6 Å². The molecule has 2 bridgehead atoms. The molecule has 1 aliphatic heterocycles. The van der Waals surface area contributed by atoms with Crippen LogP contribution in [0.1, 0.15) is 12.8 Å². The number of aromatic hydroxyl groups is 1. The maximum Gasteiger partial charge on any atom is 0.347 e. The number of benzene rings is 2. The Kier molecular flexibility index (Phi) is 4.58. The Hall–Kier alpha value is -3.52. The lowest BCUT2D eigenvalue weighted by atomic mass is 9.92. The van der Waals surface area contributed by atoms with E-state index >= 15 is 4.39 Å². The topological polar surface area (TPSA) is 94.1 Å². The molecule has 4 aromatic rings. The van der Waals surface area contributed by atoms with Gasteiger partial charge < -0.3 is 20.3 Å². The Morgan fingerprint density at radius 3 is 2.67 bits per heavy atom. The molecule has 0 radical (unpaired) electrons. The Labute approximate surface area is 189 Å². The van der Waals surface area contributed by atoms with Crippen molar-refractivity contribution in [3.8, 4) is 17.0 Å². The Bertz CT molecular complexity index is 1440. The number of nitrogens with zero attached hydrogens (tertiary/aromatic N) is 3. The molecule has 2 unspecified atom stereocenters. The Morgan fingerprint density at radius 2 is 1.91 bits per heavy atom. The fourth-order valence-electron chi connectivity index (χ4n) is 5.86. The number of pyridine rings is 1. The number of phenolic OH excluding ortho intramolecular Hbond substituents is 1. The molecule has 168 valence electrons. The maximum absolute atomic E-state index is 15.9. The number of nitrogens with one attached hydrogen (secondary N) is 2. The van der Waals surface area contributed by atoms with Crippen molar-refractivity contribution in [2.24, 2.45) is 11.8 Å². The number of piperidine rings is 1. The highest BCUT2D eigenvalue weighted by Crippen LogP contribution is 2.40. The summed E-state index contributed by atoms with van der Waals surface area (Å²) < 4.78 is 15.9. The van der Waals surface area contributed by atoms with E-state index in [9.17, 15) is 9.90 Å². The first kappa shape index (κ1) is 20.1. The molecule has 0 amide bonds. The van der Waals surface area contributed by atoms with Crippen molar-refractivity contribution in [1.82, 2.24) is 20.3 Å². The average molecular weight is 445 g/mol. The van der Waals surface area contributed by atoms with Crippen molar-refractivity contribution in [3.63, 3.8) is 0 Å². The van der Waals surface area contributed by atoms with E-state index in [0.29, 0.717) is 34.6 Å². The zero-order valence-electron chi connectivity index (χ0n) is 18.2. The van der Waals surface area contributed by atoms with Crippen LogP contribution in [-0.2, 0) is 0 Å². The standard InChI is InChI=1S/C25H24FN5O2/c1-27-21-14-6-7-15(21)12-31(11-14)24-19-10-28-22(20(26)23(19)29-25(33)30-24)18-9-16(32)8-13-4-2-3-5-17(13)18/h2-5,8-10,14-15,21,27,32H,6-7,11-12H2,1H3,(H,29,30,33)/t14-,15?,21?/m0/s1. The van der Waals surface area contributed by atoms with Gasteiger partial charge in [-0.1, -0.05) is 24.3 Å². The molecule has 3 N–H and O–H groups in total. The Balaban J connectivity index is 1.51. The zero-order chi connectivity index (χ0) is 22.7. The quantitative estimate of drug-likeness (QED) is 0.447. The molecule has 2 fully saturated rings. The average Bonchev–Trinajstić information content (AvgIpc) is 3.06. The number of anilines is 1. The minimum atomic E-state index is -0.628. The van der Waals surface area contributed by atoms with Gasteiger partial charge in [0.15, 0.2) is 5.82 Å². The molecule has 3 heterocycles. The molecular weight excluding hydrogens is 421 g/mol. The lowest BCUT2D eigenvalue weighted by Crippen LogP contribution is -2.50. The van der Waals surface area contributed by atoms with Crippen LogP contribution in [0.15, 0.2) is 47.4 Å². The van der Waals surface area contributed by atoms with E-state index in [2.05, 4.69) is 25.2 Å². The molecule has 6 rings (SSSR count). The second-order valence-corrected chi connectivity index (χ2v) is 9.11. The molecule has 0 spiro atoms. The molecule has 1 aliphatic carbocycles. The molecule has 1 saturated carbocycles. The lowest BCUT2D eigenvalue weighted by Gasteiger charge is -2.38. The number of hydrogen-bond donors (Lipinski definition) is 3. The first-order valence-corrected chi connectivity index (χ1v) is 11.3. The SMILES string of the molecule is CNC1C2CC[C@H]1CN(c1nc(=O)[nH]c3c(F)c(-c4cc(O)cc5ccccc45)ncc13)C2. The van der Waals surface area contributed by atoms with Crippen molar-refractivity contribution in [3.05, 3.63) is 58.9 Å². The van der Waals surface area contributed by atoms with Crippen molar-refractivity contribution < 1.29 is 9.50 Å². The van der Waals surface area contributed by atoms with Crippen LogP contribution < -0.4 is 15.9 Å². The van der Waals surface area contributed by atoms with Gasteiger partial charge in [-0.15, -0.1) is 0 Å². The van der Waals surface area contributed by atoms with Crippen molar-refractivity contribution in [1.29, 1.82) is 0 Å². The van der Waals surface area contributed by atoms with Crippen LogP contribution in [0.5, 0.6) is 5.75 Å². The summed E-state index contributed by atoms with van der Waals surface area (Å²) in [5.74, 6) is 0.828. The smallest absolute Gasteiger partial charge is 0.347 e. The predicted octanol–water partition coefficient (Wildman–Crippen LogP) is 3.42. The van der Waals surface area contributed by atoms with Gasteiger partial charge in [0, 0.05) is 30.9 Å². The predicted molar refractivity (Wildman–Crippen MR) is 126 cm³/mol. The summed E-state index contributed by atoms with van der Waals surface area (Å²) in [6.45, 7) is 1.54. The monoisotopic (exact) mass is 445 g/mol. The minimum absolute atomic E-state index is 0.0248. The first-order valence-electron chi connectivity index (χ1n) is 11.3. The van der Waals surface area contributed by atoms with Crippen LogP contribution in [0.2, 0.25) is 0 Å². The van der Waals surface area contributed by atoms with Crippen molar-refractivity contribution >= 4 is 27.5 Å². The number of aromatic nitrogens is 3. The summed E-state index contributed by atoms with van der Waals surface area (Å²) in [5.41, 5.74) is 0.0522. The summed E-state index contributed by atoms with van der Waals surface area (Å²) >= 11 is 0. The molecule has 33 heavy (non-hydrogen) atoms.